The van der Waals surface area contributed by atoms with Crippen molar-refractivity contribution in [3.05, 3.63) is 29.8 Å². The Bertz CT molecular complexity index is 541. The van der Waals surface area contributed by atoms with Crippen molar-refractivity contribution < 1.29 is 8.42 Å². The lowest BCUT2D eigenvalue weighted by molar-refractivity contribution is 0.461. The normalized spacial score (nSPS) is 16.8. The van der Waals surface area contributed by atoms with Crippen molar-refractivity contribution in [1.29, 1.82) is 0 Å². The van der Waals surface area contributed by atoms with Crippen molar-refractivity contribution in [2.45, 2.75) is 56.4 Å². The first-order valence-electron chi connectivity index (χ1n) is 7.88. The standard InChI is InChI=1S/C16H26N2O2S.ClH/c1-14-7-6-10-16(13-14)21(19,20)18-12-11-17-15-8-4-2-3-5-9-15;/h6-7,10,13,15,17-18H,2-5,8-9,11-12H2,1H3;1H. The molecule has 0 amide bonds. The second-order valence-electron chi connectivity index (χ2n) is 5.86. The van der Waals surface area contributed by atoms with Crippen LogP contribution < -0.4 is 10.0 Å². The third-order valence-electron chi connectivity index (χ3n) is 4.01. The third kappa shape index (κ3) is 6.24. The molecule has 6 heteroatoms. The first-order valence-corrected chi connectivity index (χ1v) is 9.36. The molecule has 1 aromatic rings. The van der Waals surface area contributed by atoms with Crippen LogP contribution in [0.25, 0.3) is 0 Å². The van der Waals surface area contributed by atoms with Crippen LogP contribution in [0.15, 0.2) is 29.2 Å². The number of aryl methyl sites for hydroxylation is 1. The molecule has 0 aliphatic heterocycles. The summed E-state index contributed by atoms with van der Waals surface area (Å²) in [6, 6.07) is 7.55. The van der Waals surface area contributed by atoms with Crippen LogP contribution in [0.1, 0.15) is 44.1 Å². The van der Waals surface area contributed by atoms with E-state index in [1.807, 2.05) is 13.0 Å². The molecule has 0 atom stereocenters. The number of rotatable bonds is 6. The predicted octanol–water partition coefficient (Wildman–Crippen LogP) is 3.01. The fourth-order valence-corrected chi connectivity index (χ4v) is 3.95. The fourth-order valence-electron chi connectivity index (χ4n) is 2.81. The summed E-state index contributed by atoms with van der Waals surface area (Å²) < 4.78 is 27.0. The van der Waals surface area contributed by atoms with Gasteiger partial charge in [-0.1, -0.05) is 37.8 Å². The number of benzene rings is 1. The largest absolute Gasteiger partial charge is 0.313 e. The zero-order chi connectivity index (χ0) is 15.1. The van der Waals surface area contributed by atoms with Crippen molar-refractivity contribution >= 4 is 22.4 Å². The van der Waals surface area contributed by atoms with Gasteiger partial charge in [0.25, 0.3) is 0 Å². The molecule has 0 aromatic heterocycles. The smallest absolute Gasteiger partial charge is 0.240 e. The summed E-state index contributed by atoms with van der Waals surface area (Å²) in [5.41, 5.74) is 0.953. The Morgan fingerprint density at radius 3 is 2.41 bits per heavy atom. The first-order chi connectivity index (χ1) is 10.1. The summed E-state index contributed by atoms with van der Waals surface area (Å²) in [5.74, 6) is 0. The minimum Gasteiger partial charge on any atom is -0.313 e. The highest BCUT2D eigenvalue weighted by Crippen LogP contribution is 2.17. The SMILES string of the molecule is Cc1cccc(S(=O)(=O)NCCNC2CCCCCC2)c1.Cl. The number of hydrogen-bond donors (Lipinski definition) is 2. The van der Waals surface area contributed by atoms with E-state index in [1.165, 1.54) is 38.5 Å². The van der Waals surface area contributed by atoms with Crippen molar-refractivity contribution in [2.24, 2.45) is 0 Å². The van der Waals surface area contributed by atoms with Crippen molar-refractivity contribution in [3.8, 4) is 0 Å². The molecule has 0 unspecified atom stereocenters. The highest BCUT2D eigenvalue weighted by atomic mass is 35.5. The molecule has 0 saturated heterocycles. The predicted molar refractivity (Wildman–Crippen MR) is 93.1 cm³/mol. The Balaban J connectivity index is 0.00000242. The van der Waals surface area contributed by atoms with Gasteiger partial charge in [-0.05, 0) is 37.5 Å². The van der Waals surface area contributed by atoms with E-state index in [4.69, 9.17) is 0 Å². The molecule has 0 heterocycles. The van der Waals surface area contributed by atoms with Crippen molar-refractivity contribution in [3.63, 3.8) is 0 Å². The highest BCUT2D eigenvalue weighted by Gasteiger charge is 2.14. The summed E-state index contributed by atoms with van der Waals surface area (Å²) in [6.07, 6.45) is 7.66. The summed E-state index contributed by atoms with van der Waals surface area (Å²) in [7, 11) is -3.38. The van der Waals surface area contributed by atoms with E-state index < -0.39 is 10.0 Å². The zero-order valence-electron chi connectivity index (χ0n) is 13.2. The van der Waals surface area contributed by atoms with Gasteiger partial charge in [-0.2, -0.15) is 0 Å². The Labute approximate surface area is 140 Å². The quantitative estimate of drug-likeness (QED) is 0.615. The van der Waals surface area contributed by atoms with E-state index in [0.29, 0.717) is 24.0 Å². The van der Waals surface area contributed by atoms with E-state index in [2.05, 4.69) is 10.0 Å². The van der Waals surface area contributed by atoms with E-state index in [-0.39, 0.29) is 12.4 Å². The minimum absolute atomic E-state index is 0. The van der Waals surface area contributed by atoms with Gasteiger partial charge in [0.05, 0.1) is 4.90 Å². The topological polar surface area (TPSA) is 58.2 Å². The monoisotopic (exact) mass is 346 g/mol. The molecular weight excluding hydrogens is 320 g/mol. The minimum atomic E-state index is -3.38. The van der Waals surface area contributed by atoms with Crippen LogP contribution in [-0.2, 0) is 10.0 Å². The van der Waals surface area contributed by atoms with Crippen LogP contribution in [0.3, 0.4) is 0 Å². The molecule has 4 nitrogen and oxygen atoms in total. The lowest BCUT2D eigenvalue weighted by Crippen LogP contribution is -2.36. The molecule has 1 aromatic carbocycles. The van der Waals surface area contributed by atoms with Gasteiger partial charge in [-0.3, -0.25) is 0 Å². The van der Waals surface area contributed by atoms with Gasteiger partial charge in [0.15, 0.2) is 0 Å². The van der Waals surface area contributed by atoms with E-state index in [0.717, 1.165) is 5.56 Å². The molecule has 126 valence electrons. The summed E-state index contributed by atoms with van der Waals surface area (Å²) >= 11 is 0. The van der Waals surface area contributed by atoms with Crippen molar-refractivity contribution in [1.82, 2.24) is 10.0 Å². The van der Waals surface area contributed by atoms with Gasteiger partial charge in [-0.25, -0.2) is 13.1 Å². The van der Waals surface area contributed by atoms with Crippen LogP contribution in [0.4, 0.5) is 0 Å². The van der Waals surface area contributed by atoms with Gasteiger partial charge < -0.3 is 5.32 Å². The molecular formula is C16H27ClN2O2S. The molecule has 2 N–H and O–H groups in total. The molecule has 1 saturated carbocycles. The Morgan fingerprint density at radius 1 is 1.09 bits per heavy atom. The number of nitrogens with one attached hydrogen (secondary N) is 2. The molecule has 0 radical (unpaired) electrons. The third-order valence-corrected chi connectivity index (χ3v) is 5.46. The zero-order valence-corrected chi connectivity index (χ0v) is 14.8. The number of sulfonamides is 1. The fraction of sp³-hybridized carbons (Fsp3) is 0.625. The maximum Gasteiger partial charge on any atom is 0.240 e. The number of hydrogen-bond acceptors (Lipinski definition) is 3. The lowest BCUT2D eigenvalue weighted by atomic mass is 10.1. The molecule has 0 spiro atoms. The summed E-state index contributed by atoms with van der Waals surface area (Å²) in [5, 5.41) is 3.47. The van der Waals surface area contributed by atoms with Crippen molar-refractivity contribution in [2.75, 3.05) is 13.1 Å². The summed E-state index contributed by atoms with van der Waals surface area (Å²) in [4.78, 5) is 0.344. The molecule has 1 aliphatic rings. The maximum atomic E-state index is 12.2. The second-order valence-corrected chi connectivity index (χ2v) is 7.62. The van der Waals surface area contributed by atoms with Crippen LogP contribution in [0.5, 0.6) is 0 Å². The first kappa shape index (κ1) is 19.4. The molecule has 0 bridgehead atoms. The van der Waals surface area contributed by atoms with Crippen LogP contribution >= 0.6 is 12.4 Å². The number of halogens is 1. The lowest BCUT2D eigenvalue weighted by Gasteiger charge is -2.16. The van der Waals surface area contributed by atoms with E-state index >= 15 is 0 Å². The maximum absolute atomic E-state index is 12.2. The average Bonchev–Trinajstić information content (AvgIpc) is 2.72. The molecule has 1 fully saturated rings. The van der Waals surface area contributed by atoms with Crippen LogP contribution in [0.2, 0.25) is 0 Å². The van der Waals surface area contributed by atoms with E-state index in [9.17, 15) is 8.42 Å². The van der Waals surface area contributed by atoms with Gasteiger partial charge in [0.2, 0.25) is 10.0 Å². The Kier molecular flexibility index (Phi) is 8.39. The van der Waals surface area contributed by atoms with E-state index in [1.54, 1.807) is 18.2 Å². The van der Waals surface area contributed by atoms with Crippen LogP contribution in [0, 0.1) is 6.92 Å². The van der Waals surface area contributed by atoms with Gasteiger partial charge in [0, 0.05) is 19.1 Å². The second kappa shape index (κ2) is 9.50. The highest BCUT2D eigenvalue weighted by molar-refractivity contribution is 7.89. The average molecular weight is 347 g/mol. The molecule has 22 heavy (non-hydrogen) atoms. The summed E-state index contributed by atoms with van der Waals surface area (Å²) in [6.45, 7) is 3.02. The van der Waals surface area contributed by atoms with Gasteiger partial charge in [-0.15, -0.1) is 12.4 Å². The Hall–Kier alpha value is -0.620. The molecule has 2 rings (SSSR count). The van der Waals surface area contributed by atoms with Gasteiger partial charge >= 0.3 is 0 Å². The molecule has 1 aliphatic carbocycles. The van der Waals surface area contributed by atoms with Gasteiger partial charge in [0.1, 0.15) is 0 Å². The van der Waals surface area contributed by atoms with Crippen LogP contribution in [-0.4, -0.2) is 27.5 Å². The Morgan fingerprint density at radius 2 is 1.77 bits per heavy atom.